The molecule has 3 nitrogen and oxygen atoms in total. The number of nitrogens with two attached hydrogens (primary N) is 1. The SMILES string of the molecule is CCCCc1ccc([C@@]2(C(CN)C(C)CC)NN2C)cc1Cl. The highest BCUT2D eigenvalue weighted by atomic mass is 35.5. The van der Waals surface area contributed by atoms with Crippen molar-refractivity contribution in [2.24, 2.45) is 17.6 Å². The summed E-state index contributed by atoms with van der Waals surface area (Å²) in [6.07, 6.45) is 4.55. The molecule has 1 saturated heterocycles. The van der Waals surface area contributed by atoms with Gasteiger partial charge in [0.05, 0.1) is 0 Å². The first-order chi connectivity index (χ1) is 10.5. The highest BCUT2D eigenvalue weighted by molar-refractivity contribution is 6.31. The predicted molar refractivity (Wildman–Crippen MR) is 94.6 cm³/mol. The third-order valence-corrected chi connectivity index (χ3v) is 5.58. The smallest absolute Gasteiger partial charge is 0.127 e. The largest absolute Gasteiger partial charge is 0.330 e. The highest BCUT2D eigenvalue weighted by Gasteiger charge is 2.57. The Labute approximate surface area is 140 Å². The molecule has 0 spiro atoms. The lowest BCUT2D eigenvalue weighted by Crippen LogP contribution is -2.37. The molecule has 124 valence electrons. The number of aryl methyl sites for hydroxylation is 1. The summed E-state index contributed by atoms with van der Waals surface area (Å²) in [7, 11) is 2.09. The van der Waals surface area contributed by atoms with Gasteiger partial charge in [0.15, 0.2) is 0 Å². The van der Waals surface area contributed by atoms with Gasteiger partial charge in [-0.2, -0.15) is 0 Å². The molecule has 4 heteroatoms. The van der Waals surface area contributed by atoms with Crippen LogP contribution in [0.15, 0.2) is 18.2 Å². The second-order valence-electron chi connectivity index (χ2n) is 6.57. The maximum Gasteiger partial charge on any atom is 0.127 e. The Bertz CT molecular complexity index is 505. The van der Waals surface area contributed by atoms with Crippen LogP contribution in [-0.4, -0.2) is 18.6 Å². The van der Waals surface area contributed by atoms with Crippen LogP contribution in [0.5, 0.6) is 0 Å². The predicted octanol–water partition coefficient (Wildman–Crippen LogP) is 3.91. The monoisotopic (exact) mass is 323 g/mol. The molecule has 1 fully saturated rings. The topological polar surface area (TPSA) is 51.0 Å². The van der Waals surface area contributed by atoms with E-state index < -0.39 is 0 Å². The van der Waals surface area contributed by atoms with Crippen LogP contribution in [0.25, 0.3) is 0 Å². The van der Waals surface area contributed by atoms with Crippen LogP contribution in [0, 0.1) is 11.8 Å². The van der Waals surface area contributed by atoms with E-state index >= 15 is 0 Å². The number of benzene rings is 1. The summed E-state index contributed by atoms with van der Waals surface area (Å²) in [5.41, 5.74) is 11.9. The van der Waals surface area contributed by atoms with Gasteiger partial charge in [-0.05, 0) is 42.5 Å². The minimum atomic E-state index is -0.156. The lowest BCUT2D eigenvalue weighted by Gasteiger charge is -2.30. The molecule has 0 amide bonds. The van der Waals surface area contributed by atoms with Gasteiger partial charge in [0, 0.05) is 18.0 Å². The Morgan fingerprint density at radius 3 is 2.50 bits per heavy atom. The number of hydrogen-bond acceptors (Lipinski definition) is 3. The first kappa shape index (κ1) is 17.7. The van der Waals surface area contributed by atoms with E-state index in [9.17, 15) is 0 Å². The highest BCUT2D eigenvalue weighted by Crippen LogP contribution is 2.46. The molecule has 4 atom stereocenters. The van der Waals surface area contributed by atoms with Crippen LogP contribution >= 0.6 is 11.6 Å². The van der Waals surface area contributed by atoms with E-state index in [1.165, 1.54) is 24.0 Å². The van der Waals surface area contributed by atoms with E-state index in [0.717, 1.165) is 17.9 Å². The zero-order chi connectivity index (χ0) is 16.3. The summed E-state index contributed by atoms with van der Waals surface area (Å²) in [5, 5.41) is 3.06. The van der Waals surface area contributed by atoms with Gasteiger partial charge in [0.2, 0.25) is 0 Å². The average molecular weight is 324 g/mol. The summed E-state index contributed by atoms with van der Waals surface area (Å²) < 4.78 is 0. The maximum absolute atomic E-state index is 6.53. The summed E-state index contributed by atoms with van der Waals surface area (Å²) >= 11 is 6.53. The molecule has 3 N–H and O–H groups in total. The van der Waals surface area contributed by atoms with Crippen molar-refractivity contribution >= 4 is 11.6 Å². The molecular formula is C18H30ClN3. The fraction of sp³-hybridized carbons (Fsp3) is 0.667. The van der Waals surface area contributed by atoms with E-state index in [1.807, 2.05) is 0 Å². The van der Waals surface area contributed by atoms with Gasteiger partial charge in [0.1, 0.15) is 5.66 Å². The van der Waals surface area contributed by atoms with E-state index in [2.05, 4.69) is 56.5 Å². The number of hydrazine groups is 1. The zero-order valence-corrected chi connectivity index (χ0v) is 15.1. The standard InChI is InChI=1S/C18H30ClN3/c1-5-7-8-14-9-10-15(11-17(14)19)18(21-22(18)4)16(12-20)13(3)6-2/h9-11,13,16,21H,5-8,12,20H2,1-4H3/t13?,16?,18-,22?/m1/s1. The molecule has 1 aliphatic rings. The van der Waals surface area contributed by atoms with Crippen molar-refractivity contribution in [1.82, 2.24) is 10.4 Å². The molecule has 22 heavy (non-hydrogen) atoms. The van der Waals surface area contributed by atoms with Gasteiger partial charge in [-0.1, -0.05) is 57.3 Å². The van der Waals surface area contributed by atoms with Crippen molar-refractivity contribution in [3.63, 3.8) is 0 Å². The number of nitrogens with zero attached hydrogens (tertiary/aromatic N) is 1. The second-order valence-corrected chi connectivity index (χ2v) is 6.98. The minimum absolute atomic E-state index is 0.156. The molecule has 1 aliphatic heterocycles. The van der Waals surface area contributed by atoms with Gasteiger partial charge >= 0.3 is 0 Å². The van der Waals surface area contributed by atoms with Crippen molar-refractivity contribution in [1.29, 1.82) is 0 Å². The molecule has 2 rings (SSSR count). The Kier molecular flexibility index (Phi) is 5.89. The molecule has 1 heterocycles. The van der Waals surface area contributed by atoms with Gasteiger partial charge in [-0.3, -0.25) is 0 Å². The summed E-state index contributed by atoms with van der Waals surface area (Å²) in [5.74, 6) is 0.932. The fourth-order valence-electron chi connectivity index (χ4n) is 3.49. The quantitative estimate of drug-likeness (QED) is 0.713. The summed E-state index contributed by atoms with van der Waals surface area (Å²) in [6.45, 7) is 7.38. The van der Waals surface area contributed by atoms with E-state index in [4.69, 9.17) is 17.3 Å². The molecule has 0 bridgehead atoms. The normalized spacial score (nSPS) is 26.7. The molecule has 0 aromatic heterocycles. The van der Waals surface area contributed by atoms with Gasteiger partial charge in [0.25, 0.3) is 0 Å². The van der Waals surface area contributed by atoms with E-state index in [1.54, 1.807) is 0 Å². The third kappa shape index (κ3) is 3.18. The van der Waals surface area contributed by atoms with Crippen LogP contribution < -0.4 is 11.2 Å². The third-order valence-electron chi connectivity index (χ3n) is 5.23. The van der Waals surface area contributed by atoms with E-state index in [-0.39, 0.29) is 5.66 Å². The Morgan fingerprint density at radius 2 is 2.05 bits per heavy atom. The van der Waals surface area contributed by atoms with Crippen LogP contribution in [-0.2, 0) is 12.1 Å². The zero-order valence-electron chi connectivity index (χ0n) is 14.3. The number of hydrogen-bond donors (Lipinski definition) is 2. The van der Waals surface area contributed by atoms with E-state index in [0.29, 0.717) is 18.4 Å². The van der Waals surface area contributed by atoms with Crippen LogP contribution in [0.1, 0.15) is 51.2 Å². The maximum atomic E-state index is 6.53. The summed E-state index contributed by atoms with van der Waals surface area (Å²) in [4.78, 5) is 0. The van der Waals surface area contributed by atoms with Crippen LogP contribution in [0.4, 0.5) is 0 Å². The molecule has 0 radical (unpaired) electrons. The average Bonchev–Trinajstić information content (AvgIpc) is 3.18. The number of nitrogens with one attached hydrogen (secondary N) is 1. The van der Waals surface area contributed by atoms with Crippen molar-refractivity contribution in [2.45, 2.75) is 52.1 Å². The Balaban J connectivity index is 2.30. The number of rotatable bonds is 8. The first-order valence-corrected chi connectivity index (χ1v) is 8.89. The molecular weight excluding hydrogens is 294 g/mol. The number of halogens is 1. The van der Waals surface area contributed by atoms with Crippen LogP contribution in [0.2, 0.25) is 5.02 Å². The molecule has 0 aliphatic carbocycles. The number of unbranched alkanes of at least 4 members (excludes halogenated alkanes) is 1. The molecule has 1 aromatic rings. The van der Waals surface area contributed by atoms with Gasteiger partial charge in [-0.25, -0.2) is 10.4 Å². The first-order valence-electron chi connectivity index (χ1n) is 8.51. The van der Waals surface area contributed by atoms with Crippen LogP contribution in [0.3, 0.4) is 0 Å². The molecule has 3 unspecified atom stereocenters. The second kappa shape index (κ2) is 7.31. The summed E-state index contributed by atoms with van der Waals surface area (Å²) in [6, 6.07) is 6.54. The van der Waals surface area contributed by atoms with Crippen molar-refractivity contribution in [3.8, 4) is 0 Å². The molecule has 1 aromatic carbocycles. The van der Waals surface area contributed by atoms with Crippen molar-refractivity contribution < 1.29 is 0 Å². The van der Waals surface area contributed by atoms with Gasteiger partial charge < -0.3 is 5.73 Å². The lowest BCUT2D eigenvalue weighted by atomic mass is 9.79. The lowest BCUT2D eigenvalue weighted by molar-refractivity contribution is 0.234. The van der Waals surface area contributed by atoms with Gasteiger partial charge in [-0.15, -0.1) is 0 Å². The van der Waals surface area contributed by atoms with Crippen molar-refractivity contribution in [2.75, 3.05) is 13.6 Å². The molecule has 0 saturated carbocycles. The minimum Gasteiger partial charge on any atom is -0.330 e. The van der Waals surface area contributed by atoms with Crippen molar-refractivity contribution in [3.05, 3.63) is 34.3 Å². The fourth-order valence-corrected chi connectivity index (χ4v) is 3.76. The Hall–Kier alpha value is -0.610. The Morgan fingerprint density at radius 1 is 1.36 bits per heavy atom.